The van der Waals surface area contributed by atoms with E-state index in [-0.39, 0.29) is 0 Å². The molecule has 0 bridgehead atoms. The van der Waals surface area contributed by atoms with Crippen LogP contribution in [0.25, 0.3) is 0 Å². The number of rotatable bonds is 2. The van der Waals surface area contributed by atoms with Gasteiger partial charge < -0.3 is 10.6 Å². The summed E-state index contributed by atoms with van der Waals surface area (Å²) in [6, 6.07) is 5.37. The molecule has 1 aliphatic heterocycles. The quantitative estimate of drug-likeness (QED) is 0.883. The van der Waals surface area contributed by atoms with Gasteiger partial charge in [0.25, 0.3) is 0 Å². The van der Waals surface area contributed by atoms with E-state index in [1.165, 1.54) is 0 Å². The normalized spacial score (nSPS) is 21.1. The molecule has 1 atom stereocenters. The maximum Gasteiger partial charge on any atom is 0.416 e. The Bertz CT molecular complexity index is 386. The van der Waals surface area contributed by atoms with Gasteiger partial charge in [-0.15, -0.1) is 0 Å². The number of anilines is 1. The Morgan fingerprint density at radius 3 is 2.44 bits per heavy atom. The van der Waals surface area contributed by atoms with Gasteiger partial charge in [-0.05, 0) is 49.6 Å². The molecule has 2 N–H and O–H groups in total. The van der Waals surface area contributed by atoms with Crippen molar-refractivity contribution in [3.63, 3.8) is 0 Å². The fraction of sp³-hybridized carbons (Fsp3) is 0.538. The van der Waals surface area contributed by atoms with E-state index in [1.807, 2.05) is 0 Å². The lowest BCUT2D eigenvalue weighted by Crippen LogP contribution is -2.38. The molecule has 0 aromatic heterocycles. The van der Waals surface area contributed by atoms with Crippen LogP contribution < -0.4 is 10.6 Å². The standard InChI is InChI=1S/C13H17F3N2/c14-13(15,16)11-3-5-12(6-4-11)18-7-1-2-10(8-17)9-18/h3-6,10H,1-2,7-9,17H2/t10-/m1/s1. The molecule has 1 fully saturated rings. The lowest BCUT2D eigenvalue weighted by atomic mass is 9.97. The molecule has 100 valence electrons. The van der Waals surface area contributed by atoms with Crippen molar-refractivity contribution >= 4 is 5.69 Å². The first-order valence-corrected chi connectivity index (χ1v) is 6.13. The molecule has 2 nitrogen and oxygen atoms in total. The van der Waals surface area contributed by atoms with Crippen LogP contribution in [0.2, 0.25) is 0 Å². The number of piperidine rings is 1. The Balaban J connectivity index is 2.09. The minimum Gasteiger partial charge on any atom is -0.371 e. The molecule has 1 saturated heterocycles. The second kappa shape index (κ2) is 5.18. The minimum atomic E-state index is -4.26. The summed E-state index contributed by atoms with van der Waals surface area (Å²) in [6.07, 6.45) is -2.11. The van der Waals surface area contributed by atoms with Gasteiger partial charge in [0.1, 0.15) is 0 Å². The number of nitrogens with zero attached hydrogens (tertiary/aromatic N) is 1. The average molecular weight is 258 g/mol. The van der Waals surface area contributed by atoms with Crippen molar-refractivity contribution in [1.82, 2.24) is 0 Å². The topological polar surface area (TPSA) is 29.3 Å². The van der Waals surface area contributed by atoms with E-state index in [0.717, 1.165) is 43.8 Å². The lowest BCUT2D eigenvalue weighted by molar-refractivity contribution is -0.137. The Morgan fingerprint density at radius 1 is 1.22 bits per heavy atom. The van der Waals surface area contributed by atoms with Crippen LogP contribution in [0.4, 0.5) is 18.9 Å². The molecule has 0 spiro atoms. The molecule has 1 aliphatic rings. The van der Waals surface area contributed by atoms with Crippen LogP contribution in [-0.2, 0) is 6.18 Å². The van der Waals surface area contributed by atoms with E-state index in [1.54, 1.807) is 12.1 Å². The molecule has 5 heteroatoms. The molecule has 1 aromatic rings. The maximum atomic E-state index is 12.4. The molecule has 1 heterocycles. The van der Waals surface area contributed by atoms with Crippen molar-refractivity contribution in [3.05, 3.63) is 29.8 Å². The molecule has 2 rings (SSSR count). The first-order chi connectivity index (χ1) is 8.50. The summed E-state index contributed by atoms with van der Waals surface area (Å²) in [5, 5.41) is 0. The Labute approximate surface area is 105 Å². The van der Waals surface area contributed by atoms with E-state index in [9.17, 15) is 13.2 Å². The van der Waals surface area contributed by atoms with Crippen molar-refractivity contribution in [1.29, 1.82) is 0 Å². The van der Waals surface area contributed by atoms with Gasteiger partial charge in [0.2, 0.25) is 0 Å². The zero-order valence-corrected chi connectivity index (χ0v) is 10.1. The zero-order chi connectivity index (χ0) is 13.2. The van der Waals surface area contributed by atoms with Gasteiger partial charge in [0.05, 0.1) is 5.56 Å². The van der Waals surface area contributed by atoms with Crippen LogP contribution in [0, 0.1) is 5.92 Å². The third-order valence-electron chi connectivity index (χ3n) is 3.41. The van der Waals surface area contributed by atoms with Gasteiger partial charge in [-0.3, -0.25) is 0 Å². The summed E-state index contributed by atoms with van der Waals surface area (Å²) in [6.45, 7) is 2.36. The van der Waals surface area contributed by atoms with E-state index in [0.29, 0.717) is 12.5 Å². The average Bonchev–Trinajstić information content (AvgIpc) is 2.38. The summed E-state index contributed by atoms with van der Waals surface area (Å²) < 4.78 is 37.3. The van der Waals surface area contributed by atoms with Gasteiger partial charge >= 0.3 is 6.18 Å². The fourth-order valence-electron chi connectivity index (χ4n) is 2.35. The molecule has 0 amide bonds. The van der Waals surface area contributed by atoms with Crippen molar-refractivity contribution in [2.24, 2.45) is 11.7 Å². The van der Waals surface area contributed by atoms with E-state index in [4.69, 9.17) is 5.73 Å². The Hall–Kier alpha value is -1.23. The minimum absolute atomic E-state index is 0.445. The number of hydrogen-bond acceptors (Lipinski definition) is 2. The van der Waals surface area contributed by atoms with Crippen LogP contribution in [0.1, 0.15) is 18.4 Å². The van der Waals surface area contributed by atoms with Crippen molar-refractivity contribution < 1.29 is 13.2 Å². The van der Waals surface area contributed by atoms with Crippen LogP contribution in [-0.4, -0.2) is 19.6 Å². The summed E-state index contributed by atoms with van der Waals surface area (Å²) in [7, 11) is 0. The number of nitrogens with two attached hydrogens (primary N) is 1. The third-order valence-corrected chi connectivity index (χ3v) is 3.41. The second-order valence-electron chi connectivity index (χ2n) is 4.73. The van der Waals surface area contributed by atoms with Crippen molar-refractivity contribution in [2.75, 3.05) is 24.5 Å². The summed E-state index contributed by atoms with van der Waals surface area (Å²) in [5.41, 5.74) is 5.90. The molecular weight excluding hydrogens is 241 g/mol. The highest BCUT2D eigenvalue weighted by atomic mass is 19.4. The van der Waals surface area contributed by atoms with Crippen LogP contribution in [0.15, 0.2) is 24.3 Å². The van der Waals surface area contributed by atoms with Gasteiger partial charge in [0.15, 0.2) is 0 Å². The molecule has 0 unspecified atom stereocenters. The highest BCUT2D eigenvalue weighted by Gasteiger charge is 2.30. The largest absolute Gasteiger partial charge is 0.416 e. The maximum absolute atomic E-state index is 12.4. The first-order valence-electron chi connectivity index (χ1n) is 6.13. The summed E-state index contributed by atoms with van der Waals surface area (Å²) >= 11 is 0. The third kappa shape index (κ3) is 2.96. The van der Waals surface area contributed by atoms with Gasteiger partial charge in [-0.1, -0.05) is 0 Å². The molecule has 1 aromatic carbocycles. The van der Waals surface area contributed by atoms with E-state index < -0.39 is 11.7 Å². The smallest absolute Gasteiger partial charge is 0.371 e. The van der Waals surface area contributed by atoms with Gasteiger partial charge in [-0.2, -0.15) is 13.2 Å². The lowest BCUT2D eigenvalue weighted by Gasteiger charge is -2.34. The van der Waals surface area contributed by atoms with Crippen molar-refractivity contribution in [3.8, 4) is 0 Å². The molecular formula is C13H17F3N2. The Kier molecular flexibility index (Phi) is 3.80. The highest BCUT2D eigenvalue weighted by Crippen LogP contribution is 2.31. The highest BCUT2D eigenvalue weighted by molar-refractivity contribution is 5.48. The SMILES string of the molecule is NC[C@H]1CCCN(c2ccc(C(F)(F)F)cc2)C1. The summed E-state index contributed by atoms with van der Waals surface area (Å²) in [4.78, 5) is 2.11. The predicted octanol–water partition coefficient (Wildman–Crippen LogP) is 2.88. The summed E-state index contributed by atoms with van der Waals surface area (Å²) in [5.74, 6) is 0.445. The second-order valence-corrected chi connectivity index (χ2v) is 4.73. The monoisotopic (exact) mass is 258 g/mol. The number of benzene rings is 1. The van der Waals surface area contributed by atoms with Crippen molar-refractivity contribution in [2.45, 2.75) is 19.0 Å². The van der Waals surface area contributed by atoms with Crippen LogP contribution >= 0.6 is 0 Å². The number of alkyl halides is 3. The fourth-order valence-corrected chi connectivity index (χ4v) is 2.35. The molecule has 0 saturated carbocycles. The van der Waals surface area contributed by atoms with Crippen LogP contribution in [0.5, 0.6) is 0 Å². The van der Waals surface area contributed by atoms with Gasteiger partial charge in [0, 0.05) is 18.8 Å². The van der Waals surface area contributed by atoms with E-state index >= 15 is 0 Å². The predicted molar refractivity (Wildman–Crippen MR) is 65.4 cm³/mol. The van der Waals surface area contributed by atoms with E-state index in [2.05, 4.69) is 4.90 Å². The number of halogens is 3. The van der Waals surface area contributed by atoms with Gasteiger partial charge in [-0.25, -0.2) is 0 Å². The molecule has 18 heavy (non-hydrogen) atoms. The molecule has 0 aliphatic carbocycles. The Morgan fingerprint density at radius 2 is 1.89 bits per heavy atom. The van der Waals surface area contributed by atoms with Crippen LogP contribution in [0.3, 0.4) is 0 Å². The molecule has 0 radical (unpaired) electrons. The number of hydrogen-bond donors (Lipinski definition) is 1. The first kappa shape index (κ1) is 13.2. The zero-order valence-electron chi connectivity index (χ0n) is 10.1.